The van der Waals surface area contributed by atoms with Crippen LogP contribution in [0.4, 0.5) is 0 Å². The van der Waals surface area contributed by atoms with Gasteiger partial charge in [-0.3, -0.25) is 9.69 Å². The first kappa shape index (κ1) is 15.0. The first-order valence-electron chi connectivity index (χ1n) is 7.90. The van der Waals surface area contributed by atoms with E-state index in [-0.39, 0.29) is 5.91 Å². The molecule has 2 aliphatic heterocycles. The molecule has 1 amide bonds. The van der Waals surface area contributed by atoms with E-state index in [1.165, 1.54) is 0 Å². The zero-order chi connectivity index (χ0) is 15.4. The number of carbonyl (C=O) groups is 1. The summed E-state index contributed by atoms with van der Waals surface area (Å²) in [5, 5.41) is 9.14. The van der Waals surface area contributed by atoms with Crippen molar-refractivity contribution in [3.05, 3.63) is 35.4 Å². The van der Waals surface area contributed by atoms with Crippen LogP contribution in [-0.4, -0.2) is 61.1 Å². The van der Waals surface area contributed by atoms with Crippen molar-refractivity contribution in [1.29, 1.82) is 5.26 Å². The van der Waals surface area contributed by atoms with Crippen molar-refractivity contribution in [1.82, 2.24) is 9.80 Å². The molecule has 5 nitrogen and oxygen atoms in total. The van der Waals surface area contributed by atoms with Crippen LogP contribution < -0.4 is 0 Å². The second-order valence-electron chi connectivity index (χ2n) is 5.83. The molecule has 2 aliphatic rings. The van der Waals surface area contributed by atoms with Crippen LogP contribution in [0.1, 0.15) is 28.8 Å². The van der Waals surface area contributed by atoms with Gasteiger partial charge >= 0.3 is 0 Å². The average molecular weight is 299 g/mol. The highest BCUT2D eigenvalue weighted by Crippen LogP contribution is 2.18. The van der Waals surface area contributed by atoms with E-state index in [4.69, 9.17) is 10.00 Å². The number of nitriles is 1. The smallest absolute Gasteiger partial charge is 0.255 e. The largest absolute Gasteiger partial charge is 0.381 e. The maximum absolute atomic E-state index is 12.6. The standard InChI is InChI=1S/C17H21N3O2/c18-13-14-3-1-2-4-16(14)17(21)20-9-7-19(8-10-20)15-5-11-22-12-6-15/h1-4,15H,5-12H2. The molecule has 0 N–H and O–H groups in total. The summed E-state index contributed by atoms with van der Waals surface area (Å²) in [6.45, 7) is 4.97. The number of amides is 1. The summed E-state index contributed by atoms with van der Waals surface area (Å²) >= 11 is 0. The highest BCUT2D eigenvalue weighted by atomic mass is 16.5. The molecule has 0 aromatic heterocycles. The topological polar surface area (TPSA) is 56.6 Å². The van der Waals surface area contributed by atoms with E-state index >= 15 is 0 Å². The SMILES string of the molecule is N#Cc1ccccc1C(=O)N1CCN(C2CCOCC2)CC1. The number of hydrogen-bond donors (Lipinski definition) is 0. The summed E-state index contributed by atoms with van der Waals surface area (Å²) < 4.78 is 5.41. The maximum Gasteiger partial charge on any atom is 0.255 e. The second kappa shape index (κ2) is 6.91. The van der Waals surface area contributed by atoms with Crippen molar-refractivity contribution in [3.8, 4) is 6.07 Å². The fourth-order valence-electron chi connectivity index (χ4n) is 3.28. The quantitative estimate of drug-likeness (QED) is 0.830. The van der Waals surface area contributed by atoms with Crippen LogP contribution in [0.25, 0.3) is 0 Å². The number of nitrogens with zero attached hydrogens (tertiary/aromatic N) is 3. The van der Waals surface area contributed by atoms with E-state index < -0.39 is 0 Å². The monoisotopic (exact) mass is 299 g/mol. The molecular weight excluding hydrogens is 278 g/mol. The Balaban J connectivity index is 1.61. The zero-order valence-corrected chi connectivity index (χ0v) is 12.7. The average Bonchev–Trinajstić information content (AvgIpc) is 2.62. The first-order chi connectivity index (χ1) is 10.8. The Morgan fingerprint density at radius 3 is 2.50 bits per heavy atom. The van der Waals surface area contributed by atoms with Gasteiger partial charge in [-0.25, -0.2) is 0 Å². The van der Waals surface area contributed by atoms with Gasteiger partial charge in [0.15, 0.2) is 0 Å². The second-order valence-corrected chi connectivity index (χ2v) is 5.83. The van der Waals surface area contributed by atoms with Gasteiger partial charge in [0, 0.05) is 45.4 Å². The van der Waals surface area contributed by atoms with Crippen molar-refractivity contribution in [2.24, 2.45) is 0 Å². The van der Waals surface area contributed by atoms with E-state index in [1.54, 1.807) is 18.2 Å². The lowest BCUT2D eigenvalue weighted by Gasteiger charge is -2.40. The Kier molecular flexibility index (Phi) is 4.71. The lowest BCUT2D eigenvalue weighted by atomic mass is 10.0. The van der Waals surface area contributed by atoms with E-state index in [1.807, 2.05) is 11.0 Å². The molecule has 0 spiro atoms. The van der Waals surface area contributed by atoms with Crippen molar-refractivity contribution < 1.29 is 9.53 Å². The van der Waals surface area contributed by atoms with Crippen molar-refractivity contribution in [2.75, 3.05) is 39.4 Å². The number of hydrogen-bond acceptors (Lipinski definition) is 4. The molecule has 2 saturated heterocycles. The molecular formula is C17H21N3O2. The Morgan fingerprint density at radius 1 is 1.14 bits per heavy atom. The van der Waals surface area contributed by atoms with Crippen LogP contribution in [0.2, 0.25) is 0 Å². The predicted octanol–water partition coefficient (Wildman–Crippen LogP) is 1.50. The third-order valence-corrected chi connectivity index (χ3v) is 4.59. The first-order valence-corrected chi connectivity index (χ1v) is 7.90. The minimum absolute atomic E-state index is 0.0243. The Bertz CT molecular complexity index is 568. The summed E-state index contributed by atoms with van der Waals surface area (Å²) in [5.74, 6) is -0.0243. The highest BCUT2D eigenvalue weighted by Gasteiger charge is 2.28. The Morgan fingerprint density at radius 2 is 1.82 bits per heavy atom. The molecule has 2 heterocycles. The van der Waals surface area contributed by atoms with Crippen LogP contribution in [0.5, 0.6) is 0 Å². The minimum Gasteiger partial charge on any atom is -0.381 e. The van der Waals surface area contributed by atoms with Crippen molar-refractivity contribution in [2.45, 2.75) is 18.9 Å². The molecule has 1 aromatic rings. The Hall–Kier alpha value is -1.90. The maximum atomic E-state index is 12.6. The van der Waals surface area contributed by atoms with Crippen LogP contribution in [-0.2, 0) is 4.74 Å². The summed E-state index contributed by atoms with van der Waals surface area (Å²) in [5.41, 5.74) is 0.976. The fraction of sp³-hybridized carbons (Fsp3) is 0.529. The van der Waals surface area contributed by atoms with Gasteiger partial charge in [-0.1, -0.05) is 12.1 Å². The fourth-order valence-corrected chi connectivity index (χ4v) is 3.28. The number of benzene rings is 1. The van der Waals surface area contributed by atoms with Crippen LogP contribution in [0.15, 0.2) is 24.3 Å². The van der Waals surface area contributed by atoms with Crippen molar-refractivity contribution >= 4 is 5.91 Å². The number of piperazine rings is 1. The number of carbonyl (C=O) groups excluding carboxylic acids is 1. The van der Waals surface area contributed by atoms with E-state index in [9.17, 15) is 4.79 Å². The van der Waals surface area contributed by atoms with Crippen LogP contribution >= 0.6 is 0 Å². The molecule has 0 aliphatic carbocycles. The molecule has 22 heavy (non-hydrogen) atoms. The highest BCUT2D eigenvalue weighted by molar-refractivity contribution is 5.96. The molecule has 5 heteroatoms. The van der Waals surface area contributed by atoms with Gasteiger partial charge in [-0.05, 0) is 25.0 Å². The molecule has 0 atom stereocenters. The molecule has 3 rings (SSSR count). The van der Waals surface area contributed by atoms with Gasteiger partial charge in [-0.2, -0.15) is 5.26 Å². The van der Waals surface area contributed by atoms with Gasteiger partial charge in [0.1, 0.15) is 0 Å². The molecule has 1 aromatic carbocycles. The molecule has 0 saturated carbocycles. The summed E-state index contributed by atoms with van der Waals surface area (Å²) in [4.78, 5) is 16.9. The minimum atomic E-state index is -0.0243. The lowest BCUT2D eigenvalue weighted by molar-refractivity contribution is 0.0137. The number of ether oxygens (including phenoxy) is 1. The van der Waals surface area contributed by atoms with Crippen molar-refractivity contribution in [3.63, 3.8) is 0 Å². The Labute approximate surface area is 131 Å². The van der Waals surface area contributed by atoms with E-state index in [0.717, 1.165) is 52.2 Å². The third-order valence-electron chi connectivity index (χ3n) is 4.59. The molecule has 0 bridgehead atoms. The molecule has 116 valence electrons. The van der Waals surface area contributed by atoms with E-state index in [2.05, 4.69) is 11.0 Å². The van der Waals surface area contributed by atoms with Gasteiger partial charge < -0.3 is 9.64 Å². The molecule has 0 unspecified atom stereocenters. The van der Waals surface area contributed by atoms with Gasteiger partial charge in [0.05, 0.1) is 17.2 Å². The van der Waals surface area contributed by atoms with Crippen LogP contribution in [0.3, 0.4) is 0 Å². The third kappa shape index (κ3) is 3.13. The van der Waals surface area contributed by atoms with E-state index in [0.29, 0.717) is 17.2 Å². The zero-order valence-electron chi connectivity index (χ0n) is 12.7. The summed E-state index contributed by atoms with van der Waals surface area (Å²) in [6, 6.07) is 9.74. The van der Waals surface area contributed by atoms with Gasteiger partial charge in [0.25, 0.3) is 5.91 Å². The predicted molar refractivity (Wildman–Crippen MR) is 82.5 cm³/mol. The molecule has 0 radical (unpaired) electrons. The summed E-state index contributed by atoms with van der Waals surface area (Å²) in [6.07, 6.45) is 2.18. The van der Waals surface area contributed by atoms with Gasteiger partial charge in [0.2, 0.25) is 0 Å². The normalized spacial score (nSPS) is 20.6. The lowest BCUT2D eigenvalue weighted by Crippen LogP contribution is -2.53. The van der Waals surface area contributed by atoms with Crippen LogP contribution in [0, 0.1) is 11.3 Å². The summed E-state index contributed by atoms with van der Waals surface area (Å²) in [7, 11) is 0. The molecule has 2 fully saturated rings. The number of rotatable bonds is 2. The van der Waals surface area contributed by atoms with Gasteiger partial charge in [-0.15, -0.1) is 0 Å².